The first kappa shape index (κ1) is 21.3. The van der Waals surface area contributed by atoms with Crippen molar-refractivity contribution >= 4 is 25.7 Å². The first-order valence-corrected chi connectivity index (χ1v) is 12.2. The van der Waals surface area contributed by atoms with Gasteiger partial charge in [0.1, 0.15) is 6.07 Å². The third kappa shape index (κ3) is 4.61. The summed E-state index contributed by atoms with van der Waals surface area (Å²) in [6, 6.07) is 13.3. The van der Waals surface area contributed by atoms with Crippen molar-refractivity contribution in [3.05, 3.63) is 54.1 Å². The highest BCUT2D eigenvalue weighted by Gasteiger charge is 2.31. The summed E-state index contributed by atoms with van der Waals surface area (Å²) in [5, 5.41) is 9.12. The molecular weight excluding hydrogens is 410 g/mol. The van der Waals surface area contributed by atoms with Gasteiger partial charge in [-0.15, -0.1) is 0 Å². The molecule has 0 spiro atoms. The molecule has 0 radical (unpaired) electrons. The summed E-state index contributed by atoms with van der Waals surface area (Å²) in [6.07, 6.45) is 0.985. The fraction of sp³-hybridized carbons (Fsp3) is 0.350. The average Bonchev–Trinajstić information content (AvgIpc) is 2.67. The van der Waals surface area contributed by atoms with Crippen LogP contribution in [0.15, 0.2) is 58.3 Å². The molecule has 9 heteroatoms. The Morgan fingerprint density at radius 3 is 2.07 bits per heavy atom. The molecule has 0 unspecified atom stereocenters. The number of para-hydroxylation sites is 1. The fourth-order valence-electron chi connectivity index (χ4n) is 3.62. The Bertz CT molecular complexity index is 1130. The van der Waals surface area contributed by atoms with Crippen molar-refractivity contribution in [2.75, 3.05) is 17.8 Å². The van der Waals surface area contributed by atoms with E-state index in [1.807, 2.05) is 19.9 Å². The Labute approximate surface area is 172 Å². The standard InChI is InChI=1S/C20H23N3O4S2/c1-15-11-16(2)14-23(13-15)29(26,27)19-9-7-18(8-10-19)28(24,25)22-20-6-4-3-5-17(20)12-21/h3-10,15-16,22H,11,13-14H2,1-2H3/t15-,16-/m0/s1. The van der Waals surface area contributed by atoms with Gasteiger partial charge in [0.2, 0.25) is 10.0 Å². The lowest BCUT2D eigenvalue weighted by Crippen LogP contribution is -2.42. The second-order valence-corrected chi connectivity index (χ2v) is 11.1. The van der Waals surface area contributed by atoms with Gasteiger partial charge in [0, 0.05) is 13.1 Å². The Hall–Kier alpha value is -2.41. The molecule has 154 valence electrons. The van der Waals surface area contributed by atoms with Crippen molar-refractivity contribution < 1.29 is 16.8 Å². The van der Waals surface area contributed by atoms with Gasteiger partial charge < -0.3 is 0 Å². The Balaban J connectivity index is 1.85. The molecular formula is C20H23N3O4S2. The van der Waals surface area contributed by atoms with Crippen LogP contribution in [-0.2, 0) is 20.0 Å². The van der Waals surface area contributed by atoms with E-state index in [2.05, 4.69) is 4.72 Å². The fourth-order valence-corrected chi connectivity index (χ4v) is 6.37. The van der Waals surface area contributed by atoms with E-state index < -0.39 is 20.0 Å². The Morgan fingerprint density at radius 1 is 0.931 bits per heavy atom. The van der Waals surface area contributed by atoms with Crippen LogP contribution < -0.4 is 4.72 Å². The van der Waals surface area contributed by atoms with Crippen LogP contribution >= 0.6 is 0 Å². The van der Waals surface area contributed by atoms with Crippen LogP contribution in [0.1, 0.15) is 25.8 Å². The van der Waals surface area contributed by atoms with E-state index in [4.69, 9.17) is 5.26 Å². The number of piperidine rings is 1. The van der Waals surface area contributed by atoms with Gasteiger partial charge in [0.05, 0.1) is 21.0 Å². The summed E-state index contributed by atoms with van der Waals surface area (Å²) in [6.45, 7) is 4.97. The van der Waals surface area contributed by atoms with Crippen molar-refractivity contribution in [3.63, 3.8) is 0 Å². The quantitative estimate of drug-likeness (QED) is 0.780. The number of nitrogens with one attached hydrogen (secondary N) is 1. The second-order valence-electron chi connectivity index (χ2n) is 7.50. The zero-order chi connectivity index (χ0) is 21.2. The molecule has 2 aromatic carbocycles. The molecule has 2 aromatic rings. The van der Waals surface area contributed by atoms with E-state index in [1.54, 1.807) is 12.1 Å². The van der Waals surface area contributed by atoms with Gasteiger partial charge in [-0.3, -0.25) is 4.72 Å². The van der Waals surface area contributed by atoms with E-state index >= 15 is 0 Å². The molecule has 3 rings (SSSR count). The summed E-state index contributed by atoms with van der Waals surface area (Å²) in [4.78, 5) is -0.0141. The SMILES string of the molecule is C[C@H]1C[C@H](C)CN(S(=O)(=O)c2ccc(S(=O)(=O)Nc3ccccc3C#N)cc2)C1. The maximum absolute atomic E-state index is 12.9. The topological polar surface area (TPSA) is 107 Å². The second kappa shape index (κ2) is 8.14. The predicted octanol–water partition coefficient (Wildman–Crippen LogP) is 3.03. The van der Waals surface area contributed by atoms with Crippen LogP contribution in [0.4, 0.5) is 5.69 Å². The summed E-state index contributed by atoms with van der Waals surface area (Å²) in [5.41, 5.74) is 0.367. The van der Waals surface area contributed by atoms with Gasteiger partial charge in [-0.2, -0.15) is 9.57 Å². The number of nitriles is 1. The van der Waals surface area contributed by atoms with Crippen molar-refractivity contribution in [1.29, 1.82) is 5.26 Å². The van der Waals surface area contributed by atoms with Gasteiger partial charge >= 0.3 is 0 Å². The maximum atomic E-state index is 12.9. The highest BCUT2D eigenvalue weighted by molar-refractivity contribution is 7.92. The van der Waals surface area contributed by atoms with Gasteiger partial charge in [-0.1, -0.05) is 26.0 Å². The lowest BCUT2D eigenvalue weighted by atomic mass is 9.94. The molecule has 1 aliphatic rings. The number of nitrogens with zero attached hydrogens (tertiary/aromatic N) is 2. The number of hydrogen-bond donors (Lipinski definition) is 1. The molecule has 1 heterocycles. The van der Waals surface area contributed by atoms with Crippen LogP contribution in [-0.4, -0.2) is 34.2 Å². The summed E-state index contributed by atoms with van der Waals surface area (Å²) >= 11 is 0. The number of benzene rings is 2. The van der Waals surface area contributed by atoms with Crippen LogP contribution in [0, 0.1) is 23.2 Å². The molecule has 0 aromatic heterocycles. The largest absolute Gasteiger partial charge is 0.278 e. The molecule has 29 heavy (non-hydrogen) atoms. The summed E-state index contributed by atoms with van der Waals surface area (Å²) < 4.78 is 55.0. The highest BCUT2D eigenvalue weighted by Crippen LogP contribution is 2.27. The van der Waals surface area contributed by atoms with Crippen LogP contribution in [0.3, 0.4) is 0 Å². The normalized spacial score (nSPS) is 20.7. The van der Waals surface area contributed by atoms with E-state index in [9.17, 15) is 16.8 Å². The minimum Gasteiger partial charge on any atom is -0.278 e. The van der Waals surface area contributed by atoms with Crippen molar-refractivity contribution in [2.45, 2.75) is 30.1 Å². The van der Waals surface area contributed by atoms with Gasteiger partial charge in [0.25, 0.3) is 10.0 Å². The smallest absolute Gasteiger partial charge is 0.261 e. The molecule has 1 N–H and O–H groups in total. The van der Waals surface area contributed by atoms with Gasteiger partial charge in [0.15, 0.2) is 0 Å². The van der Waals surface area contributed by atoms with Crippen molar-refractivity contribution in [3.8, 4) is 6.07 Å². The monoisotopic (exact) mass is 433 g/mol. The van der Waals surface area contributed by atoms with Crippen molar-refractivity contribution in [2.24, 2.45) is 11.8 Å². The third-order valence-electron chi connectivity index (χ3n) is 4.90. The summed E-state index contributed by atoms with van der Waals surface area (Å²) in [7, 11) is -7.64. The van der Waals surface area contributed by atoms with E-state index in [0.29, 0.717) is 13.1 Å². The highest BCUT2D eigenvalue weighted by atomic mass is 32.2. The van der Waals surface area contributed by atoms with Crippen LogP contribution in [0.5, 0.6) is 0 Å². The number of hydrogen-bond acceptors (Lipinski definition) is 5. The van der Waals surface area contributed by atoms with E-state index in [0.717, 1.165) is 6.42 Å². The van der Waals surface area contributed by atoms with E-state index in [-0.39, 0.29) is 32.9 Å². The zero-order valence-electron chi connectivity index (χ0n) is 16.2. The molecule has 1 fully saturated rings. The van der Waals surface area contributed by atoms with E-state index in [1.165, 1.54) is 40.7 Å². The van der Waals surface area contributed by atoms with Gasteiger partial charge in [-0.25, -0.2) is 16.8 Å². The van der Waals surface area contributed by atoms with Crippen LogP contribution in [0.2, 0.25) is 0 Å². The lowest BCUT2D eigenvalue weighted by molar-refractivity contribution is 0.222. The summed E-state index contributed by atoms with van der Waals surface area (Å²) in [5.74, 6) is 0.551. The third-order valence-corrected chi connectivity index (χ3v) is 8.13. The minimum atomic E-state index is -3.96. The maximum Gasteiger partial charge on any atom is 0.261 e. The lowest BCUT2D eigenvalue weighted by Gasteiger charge is -2.34. The number of sulfonamides is 2. The molecule has 7 nitrogen and oxygen atoms in total. The van der Waals surface area contributed by atoms with Gasteiger partial charge in [-0.05, 0) is 54.7 Å². The zero-order valence-corrected chi connectivity index (χ0v) is 17.9. The van der Waals surface area contributed by atoms with Crippen LogP contribution in [0.25, 0.3) is 0 Å². The number of rotatable bonds is 5. The average molecular weight is 434 g/mol. The minimum absolute atomic E-state index is 0.0650. The molecule has 0 amide bonds. The number of anilines is 1. The molecule has 1 saturated heterocycles. The first-order valence-electron chi connectivity index (χ1n) is 9.25. The Morgan fingerprint density at radius 2 is 1.48 bits per heavy atom. The predicted molar refractivity (Wildman–Crippen MR) is 110 cm³/mol. The molecule has 0 bridgehead atoms. The first-order chi connectivity index (χ1) is 13.6. The molecule has 0 aliphatic carbocycles. The molecule has 0 saturated carbocycles. The molecule has 2 atom stereocenters. The Kier molecular flexibility index (Phi) is 5.98. The van der Waals surface area contributed by atoms with Crippen molar-refractivity contribution in [1.82, 2.24) is 4.31 Å². The molecule has 1 aliphatic heterocycles.